The van der Waals surface area contributed by atoms with E-state index in [-0.39, 0.29) is 18.0 Å². The molecule has 0 unspecified atom stereocenters. The van der Waals surface area contributed by atoms with E-state index in [0.717, 1.165) is 26.8 Å². The zero-order valence-electron chi connectivity index (χ0n) is 16.8. The molecule has 9 nitrogen and oxygen atoms in total. The normalized spacial score (nSPS) is 13.4. The van der Waals surface area contributed by atoms with Gasteiger partial charge in [0.1, 0.15) is 12.1 Å². The number of amides is 1. The predicted octanol–water partition coefficient (Wildman–Crippen LogP) is 1.64. The second-order valence-corrected chi connectivity index (χ2v) is 7.47. The molecule has 0 aliphatic carbocycles. The zero-order valence-corrected chi connectivity index (χ0v) is 16.8. The lowest BCUT2D eigenvalue weighted by atomic mass is 10.0. The van der Waals surface area contributed by atoms with Crippen LogP contribution in [-0.4, -0.2) is 50.4 Å². The molecule has 1 aliphatic rings. The molecule has 0 fully saturated rings. The number of esters is 1. The number of carbonyl (C=O) groups excluding carboxylic acids is 2. The summed E-state index contributed by atoms with van der Waals surface area (Å²) in [7, 11) is 1.34. The number of hydrogen-bond donors (Lipinski definition) is 1. The van der Waals surface area contributed by atoms with Crippen molar-refractivity contribution in [1.29, 1.82) is 0 Å². The lowest BCUT2D eigenvalue weighted by molar-refractivity contribution is -0.133. The molecule has 0 saturated heterocycles. The van der Waals surface area contributed by atoms with Crippen LogP contribution >= 0.6 is 0 Å². The number of H-pyrrole nitrogens is 1. The quantitative estimate of drug-likeness (QED) is 0.508. The van der Waals surface area contributed by atoms with Gasteiger partial charge in [-0.3, -0.25) is 9.59 Å². The number of rotatable bonds is 3. The van der Waals surface area contributed by atoms with E-state index in [1.54, 1.807) is 41.3 Å². The van der Waals surface area contributed by atoms with Gasteiger partial charge in [0.15, 0.2) is 0 Å². The van der Waals surface area contributed by atoms with Crippen molar-refractivity contribution in [2.45, 2.75) is 19.5 Å². The molecular formula is C22H19N5O4. The molecule has 4 aromatic rings. The predicted molar refractivity (Wildman–Crippen MR) is 113 cm³/mol. The molecule has 156 valence electrons. The highest BCUT2D eigenvalue weighted by Gasteiger charge is 2.25. The lowest BCUT2D eigenvalue weighted by Gasteiger charge is -2.27. The maximum absolute atomic E-state index is 13.0. The molecule has 31 heavy (non-hydrogen) atoms. The molecule has 3 heterocycles. The van der Waals surface area contributed by atoms with Crippen LogP contribution in [-0.2, 0) is 29.0 Å². The molecule has 2 aromatic carbocycles. The lowest BCUT2D eigenvalue weighted by Crippen LogP contribution is -2.40. The van der Waals surface area contributed by atoms with E-state index in [0.29, 0.717) is 36.0 Å². The Morgan fingerprint density at radius 1 is 1.16 bits per heavy atom. The van der Waals surface area contributed by atoms with Gasteiger partial charge in [-0.05, 0) is 30.3 Å². The molecule has 2 aromatic heterocycles. The van der Waals surface area contributed by atoms with E-state index in [9.17, 15) is 14.4 Å². The van der Waals surface area contributed by atoms with Crippen molar-refractivity contribution in [2.24, 2.45) is 0 Å². The van der Waals surface area contributed by atoms with Crippen LogP contribution in [0.3, 0.4) is 0 Å². The number of methoxy groups -OCH3 is 1. The molecule has 1 amide bonds. The van der Waals surface area contributed by atoms with Crippen molar-refractivity contribution >= 4 is 33.7 Å². The first-order valence-electron chi connectivity index (χ1n) is 9.87. The number of aromatic nitrogens is 4. The SMILES string of the molecule is COC(=O)c1ccc2[nH]c3c(c2c1)CN(C(=O)Cn1nnc2ccccc2c1=O)CC3. The maximum Gasteiger partial charge on any atom is 0.337 e. The molecule has 1 N–H and O–H groups in total. The monoisotopic (exact) mass is 417 g/mol. The summed E-state index contributed by atoms with van der Waals surface area (Å²) in [5.74, 6) is -0.620. The first kappa shape index (κ1) is 19.0. The fourth-order valence-corrected chi connectivity index (χ4v) is 4.03. The summed E-state index contributed by atoms with van der Waals surface area (Å²) in [5.41, 5.74) is 3.54. The van der Waals surface area contributed by atoms with Crippen LogP contribution in [0.15, 0.2) is 47.3 Å². The zero-order chi connectivity index (χ0) is 21.5. The van der Waals surface area contributed by atoms with Gasteiger partial charge in [0.25, 0.3) is 5.56 Å². The maximum atomic E-state index is 13.0. The van der Waals surface area contributed by atoms with Crippen molar-refractivity contribution in [1.82, 2.24) is 24.9 Å². The van der Waals surface area contributed by atoms with Crippen molar-refractivity contribution in [3.05, 3.63) is 69.6 Å². The van der Waals surface area contributed by atoms with Gasteiger partial charge in [0.05, 0.1) is 18.1 Å². The second-order valence-electron chi connectivity index (χ2n) is 7.47. The first-order chi connectivity index (χ1) is 15.0. The largest absolute Gasteiger partial charge is 0.465 e. The van der Waals surface area contributed by atoms with Crippen LogP contribution in [0.2, 0.25) is 0 Å². The Morgan fingerprint density at radius 3 is 2.84 bits per heavy atom. The summed E-state index contributed by atoms with van der Waals surface area (Å²) < 4.78 is 5.92. The number of hydrogen-bond acceptors (Lipinski definition) is 6. The number of ether oxygens (including phenoxy) is 1. The van der Waals surface area contributed by atoms with Crippen LogP contribution < -0.4 is 5.56 Å². The van der Waals surface area contributed by atoms with Crippen molar-refractivity contribution < 1.29 is 14.3 Å². The Kier molecular flexibility index (Phi) is 4.50. The van der Waals surface area contributed by atoms with Crippen LogP contribution in [0, 0.1) is 0 Å². The van der Waals surface area contributed by atoms with Crippen molar-refractivity contribution in [2.75, 3.05) is 13.7 Å². The molecule has 0 spiro atoms. The molecule has 0 atom stereocenters. The summed E-state index contributed by atoms with van der Waals surface area (Å²) in [6, 6.07) is 12.3. The van der Waals surface area contributed by atoms with Gasteiger partial charge < -0.3 is 14.6 Å². The summed E-state index contributed by atoms with van der Waals surface area (Å²) in [5, 5.41) is 9.27. The van der Waals surface area contributed by atoms with Gasteiger partial charge in [-0.1, -0.05) is 17.3 Å². The van der Waals surface area contributed by atoms with Gasteiger partial charge >= 0.3 is 5.97 Å². The van der Waals surface area contributed by atoms with Gasteiger partial charge in [-0.25, -0.2) is 9.48 Å². The highest BCUT2D eigenvalue weighted by molar-refractivity contribution is 5.96. The number of benzene rings is 2. The van der Waals surface area contributed by atoms with E-state index in [2.05, 4.69) is 15.3 Å². The Morgan fingerprint density at radius 2 is 2.00 bits per heavy atom. The van der Waals surface area contributed by atoms with E-state index >= 15 is 0 Å². The highest BCUT2D eigenvalue weighted by Crippen LogP contribution is 2.29. The Hall–Kier alpha value is -4.01. The molecule has 1 aliphatic heterocycles. The van der Waals surface area contributed by atoms with Crippen molar-refractivity contribution in [3.8, 4) is 0 Å². The van der Waals surface area contributed by atoms with Crippen LogP contribution in [0.25, 0.3) is 21.8 Å². The minimum absolute atomic E-state index is 0.179. The molecule has 0 saturated carbocycles. The van der Waals surface area contributed by atoms with Gasteiger partial charge in [0.2, 0.25) is 5.91 Å². The summed E-state index contributed by atoms with van der Waals surface area (Å²) in [6.07, 6.45) is 0.654. The van der Waals surface area contributed by atoms with Gasteiger partial charge in [-0.15, -0.1) is 5.10 Å². The highest BCUT2D eigenvalue weighted by atomic mass is 16.5. The Bertz CT molecular complexity index is 1400. The molecule has 0 bridgehead atoms. The van der Waals surface area contributed by atoms with Gasteiger partial charge in [0, 0.05) is 41.7 Å². The third-order valence-corrected chi connectivity index (χ3v) is 5.66. The van der Waals surface area contributed by atoms with E-state index < -0.39 is 5.97 Å². The molecule has 9 heteroatoms. The van der Waals surface area contributed by atoms with E-state index in [1.807, 2.05) is 6.07 Å². The Labute approximate surface area is 176 Å². The van der Waals surface area contributed by atoms with E-state index in [1.165, 1.54) is 7.11 Å². The number of fused-ring (bicyclic) bond motifs is 4. The van der Waals surface area contributed by atoms with Crippen LogP contribution in [0.4, 0.5) is 0 Å². The standard InChI is InChI=1S/C22H19N5O4/c1-31-22(30)13-6-7-17-15(10-13)16-11-26(9-8-18(16)23-17)20(28)12-27-21(29)14-4-2-3-5-19(14)24-25-27/h2-7,10,23H,8-9,11-12H2,1H3. The average molecular weight is 417 g/mol. The summed E-state index contributed by atoms with van der Waals surface area (Å²) in [4.78, 5) is 42.6. The van der Waals surface area contributed by atoms with Crippen LogP contribution in [0.1, 0.15) is 21.6 Å². The third-order valence-electron chi connectivity index (χ3n) is 5.66. The number of carbonyl (C=O) groups is 2. The summed E-state index contributed by atoms with van der Waals surface area (Å²) in [6.45, 7) is 0.731. The molecular weight excluding hydrogens is 398 g/mol. The average Bonchev–Trinajstić information content (AvgIpc) is 3.17. The topological polar surface area (TPSA) is 110 Å². The fourth-order valence-electron chi connectivity index (χ4n) is 4.03. The molecule has 5 rings (SSSR count). The Balaban J connectivity index is 1.42. The first-order valence-corrected chi connectivity index (χ1v) is 9.87. The van der Waals surface area contributed by atoms with Crippen molar-refractivity contribution in [3.63, 3.8) is 0 Å². The van der Waals surface area contributed by atoms with Gasteiger partial charge in [-0.2, -0.15) is 0 Å². The fraction of sp³-hybridized carbons (Fsp3) is 0.227. The smallest absolute Gasteiger partial charge is 0.337 e. The summed E-state index contributed by atoms with van der Waals surface area (Å²) >= 11 is 0. The number of nitrogens with zero attached hydrogens (tertiary/aromatic N) is 4. The van der Waals surface area contributed by atoms with Crippen LogP contribution in [0.5, 0.6) is 0 Å². The number of nitrogens with one attached hydrogen (secondary N) is 1. The van der Waals surface area contributed by atoms with E-state index in [4.69, 9.17) is 4.74 Å². The third kappa shape index (κ3) is 3.24. The number of aromatic amines is 1. The minimum atomic E-state index is -0.408. The molecule has 0 radical (unpaired) electrons. The second kappa shape index (κ2) is 7.35. The minimum Gasteiger partial charge on any atom is -0.465 e.